The van der Waals surface area contributed by atoms with E-state index in [0.717, 1.165) is 25.7 Å². The second-order valence-electron chi connectivity index (χ2n) is 5.41. The zero-order valence-electron chi connectivity index (χ0n) is 10.3. The summed E-state index contributed by atoms with van der Waals surface area (Å²) in [5, 5.41) is 0. The topological polar surface area (TPSA) is 26.3 Å². The van der Waals surface area contributed by atoms with Gasteiger partial charge in [-0.15, -0.1) is 0 Å². The summed E-state index contributed by atoms with van der Waals surface area (Å²) >= 11 is 0. The Bertz CT molecular complexity index is 463. The van der Waals surface area contributed by atoms with Crippen molar-refractivity contribution in [2.75, 3.05) is 0 Å². The lowest BCUT2D eigenvalue weighted by atomic mass is 9.57. The Kier molecular flexibility index (Phi) is 2.84. The van der Waals surface area contributed by atoms with Crippen LogP contribution in [-0.4, -0.2) is 11.9 Å². The molecule has 1 unspecified atom stereocenters. The molecule has 2 fully saturated rings. The molecular weight excluding hydrogens is 231 g/mol. The van der Waals surface area contributed by atoms with Gasteiger partial charge in [0.2, 0.25) is 0 Å². The SMILES string of the molecule is O=C1CC(Oc2cccc(F)c2)C12CCCCC2. The Morgan fingerprint density at radius 2 is 2.00 bits per heavy atom. The maximum Gasteiger partial charge on any atom is 0.146 e. The summed E-state index contributed by atoms with van der Waals surface area (Å²) < 4.78 is 18.9. The lowest BCUT2D eigenvalue weighted by Crippen LogP contribution is -2.57. The number of hydrogen-bond donors (Lipinski definition) is 0. The second kappa shape index (κ2) is 4.38. The van der Waals surface area contributed by atoms with E-state index in [1.165, 1.54) is 18.6 Å². The third-order valence-corrected chi connectivity index (χ3v) is 4.36. The Morgan fingerprint density at radius 1 is 1.22 bits per heavy atom. The molecule has 3 rings (SSSR count). The van der Waals surface area contributed by atoms with Crippen molar-refractivity contribution >= 4 is 5.78 Å². The zero-order chi connectivity index (χ0) is 12.6. The van der Waals surface area contributed by atoms with Gasteiger partial charge in [-0.05, 0) is 25.0 Å². The number of carbonyl (C=O) groups excluding carboxylic acids is 1. The summed E-state index contributed by atoms with van der Waals surface area (Å²) in [6, 6.07) is 6.18. The van der Waals surface area contributed by atoms with Crippen LogP contribution < -0.4 is 4.74 Å². The first kappa shape index (κ1) is 11.7. The highest BCUT2D eigenvalue weighted by Crippen LogP contribution is 2.50. The van der Waals surface area contributed by atoms with Gasteiger partial charge in [0.25, 0.3) is 0 Å². The van der Waals surface area contributed by atoms with E-state index < -0.39 is 0 Å². The van der Waals surface area contributed by atoms with E-state index in [4.69, 9.17) is 4.74 Å². The quantitative estimate of drug-likeness (QED) is 0.800. The summed E-state index contributed by atoms with van der Waals surface area (Å²) in [4.78, 5) is 11.9. The zero-order valence-corrected chi connectivity index (χ0v) is 10.3. The molecule has 0 radical (unpaired) electrons. The van der Waals surface area contributed by atoms with Crippen LogP contribution in [0.2, 0.25) is 0 Å². The van der Waals surface area contributed by atoms with Gasteiger partial charge >= 0.3 is 0 Å². The fourth-order valence-corrected chi connectivity index (χ4v) is 3.26. The van der Waals surface area contributed by atoms with Gasteiger partial charge in [-0.2, -0.15) is 0 Å². The number of halogens is 1. The van der Waals surface area contributed by atoms with E-state index >= 15 is 0 Å². The third-order valence-electron chi connectivity index (χ3n) is 4.36. The number of ether oxygens (including phenoxy) is 1. The average molecular weight is 248 g/mol. The maximum absolute atomic E-state index is 13.1. The van der Waals surface area contributed by atoms with Gasteiger partial charge in [-0.1, -0.05) is 25.3 Å². The Balaban J connectivity index is 1.75. The van der Waals surface area contributed by atoms with Crippen molar-refractivity contribution in [3.05, 3.63) is 30.1 Å². The van der Waals surface area contributed by atoms with Crippen LogP contribution in [0.3, 0.4) is 0 Å². The van der Waals surface area contributed by atoms with E-state index in [1.54, 1.807) is 12.1 Å². The van der Waals surface area contributed by atoms with Crippen molar-refractivity contribution < 1.29 is 13.9 Å². The van der Waals surface area contributed by atoms with Gasteiger partial charge < -0.3 is 4.74 Å². The predicted molar refractivity (Wildman–Crippen MR) is 66.0 cm³/mol. The predicted octanol–water partition coefficient (Wildman–Crippen LogP) is 3.50. The third kappa shape index (κ3) is 1.82. The van der Waals surface area contributed by atoms with Crippen molar-refractivity contribution in [3.63, 3.8) is 0 Å². The molecule has 0 N–H and O–H groups in total. The molecule has 18 heavy (non-hydrogen) atoms. The van der Waals surface area contributed by atoms with E-state index in [9.17, 15) is 9.18 Å². The number of benzene rings is 1. The first-order valence-electron chi connectivity index (χ1n) is 6.66. The van der Waals surface area contributed by atoms with Crippen LogP contribution in [0.4, 0.5) is 4.39 Å². The summed E-state index contributed by atoms with van der Waals surface area (Å²) in [6.07, 6.45) is 5.73. The molecule has 0 amide bonds. The Morgan fingerprint density at radius 3 is 2.67 bits per heavy atom. The Labute approximate surface area is 106 Å². The van der Waals surface area contributed by atoms with E-state index in [-0.39, 0.29) is 17.3 Å². The lowest BCUT2D eigenvalue weighted by molar-refractivity contribution is -0.156. The van der Waals surface area contributed by atoms with Gasteiger partial charge in [0, 0.05) is 12.5 Å². The minimum atomic E-state index is -0.296. The normalized spacial score (nSPS) is 25.8. The largest absolute Gasteiger partial charge is 0.489 e. The smallest absolute Gasteiger partial charge is 0.146 e. The molecule has 96 valence electrons. The van der Waals surface area contributed by atoms with Gasteiger partial charge in [0.1, 0.15) is 23.5 Å². The Hall–Kier alpha value is -1.38. The molecule has 1 aromatic rings. The molecule has 1 atom stereocenters. The molecule has 2 aliphatic carbocycles. The number of hydrogen-bond acceptors (Lipinski definition) is 2. The minimum absolute atomic E-state index is 0.0490. The summed E-state index contributed by atoms with van der Waals surface area (Å²) in [7, 11) is 0. The fourth-order valence-electron chi connectivity index (χ4n) is 3.26. The molecule has 2 aliphatic rings. The molecular formula is C15H17FO2. The van der Waals surface area contributed by atoms with E-state index in [1.807, 2.05) is 0 Å². The van der Waals surface area contributed by atoms with Gasteiger partial charge in [0.15, 0.2) is 0 Å². The molecule has 0 aromatic heterocycles. The summed E-state index contributed by atoms with van der Waals surface area (Å²) in [6.45, 7) is 0. The van der Waals surface area contributed by atoms with Crippen molar-refractivity contribution in [3.8, 4) is 5.75 Å². The minimum Gasteiger partial charge on any atom is -0.489 e. The number of ketones is 1. The number of rotatable bonds is 2. The average Bonchev–Trinajstić information content (AvgIpc) is 2.39. The lowest BCUT2D eigenvalue weighted by Gasteiger charge is -2.49. The standard InChI is InChI=1S/C15H17FO2/c16-11-5-4-6-12(9-11)18-14-10-13(17)15(14)7-2-1-3-8-15/h4-6,9,14H,1-3,7-8,10H2. The van der Waals surface area contributed by atoms with Crippen LogP contribution in [0, 0.1) is 11.2 Å². The summed E-state index contributed by atoms with van der Waals surface area (Å²) in [5.41, 5.74) is -0.259. The van der Waals surface area contributed by atoms with Crippen LogP contribution in [0.15, 0.2) is 24.3 Å². The fraction of sp³-hybridized carbons (Fsp3) is 0.533. The molecule has 0 saturated heterocycles. The molecule has 0 bridgehead atoms. The highest BCUT2D eigenvalue weighted by molar-refractivity contribution is 5.92. The molecule has 1 spiro atoms. The van der Waals surface area contributed by atoms with Crippen LogP contribution >= 0.6 is 0 Å². The highest BCUT2D eigenvalue weighted by atomic mass is 19.1. The maximum atomic E-state index is 13.1. The van der Waals surface area contributed by atoms with Crippen LogP contribution in [0.25, 0.3) is 0 Å². The number of Topliss-reactive ketones (excluding diaryl/α,β-unsaturated/α-hetero) is 1. The van der Waals surface area contributed by atoms with Gasteiger partial charge in [-0.25, -0.2) is 4.39 Å². The van der Waals surface area contributed by atoms with Crippen LogP contribution in [-0.2, 0) is 4.79 Å². The van der Waals surface area contributed by atoms with Gasteiger partial charge in [-0.3, -0.25) is 4.79 Å². The second-order valence-corrected chi connectivity index (χ2v) is 5.41. The molecule has 2 nitrogen and oxygen atoms in total. The van der Waals surface area contributed by atoms with Crippen LogP contribution in [0.5, 0.6) is 5.75 Å². The van der Waals surface area contributed by atoms with E-state index in [0.29, 0.717) is 18.0 Å². The van der Waals surface area contributed by atoms with Gasteiger partial charge in [0.05, 0.1) is 5.41 Å². The molecule has 3 heteroatoms. The van der Waals surface area contributed by atoms with Crippen molar-refractivity contribution in [1.82, 2.24) is 0 Å². The van der Waals surface area contributed by atoms with Crippen molar-refractivity contribution in [2.45, 2.75) is 44.6 Å². The monoisotopic (exact) mass is 248 g/mol. The van der Waals surface area contributed by atoms with Crippen molar-refractivity contribution in [2.24, 2.45) is 5.41 Å². The highest BCUT2D eigenvalue weighted by Gasteiger charge is 2.56. The van der Waals surface area contributed by atoms with E-state index in [2.05, 4.69) is 0 Å². The number of carbonyl (C=O) groups is 1. The van der Waals surface area contributed by atoms with Crippen molar-refractivity contribution in [1.29, 1.82) is 0 Å². The molecule has 1 aromatic carbocycles. The molecule has 2 saturated carbocycles. The summed E-state index contributed by atoms with van der Waals surface area (Å²) in [5.74, 6) is 0.580. The molecule has 0 aliphatic heterocycles. The van der Waals surface area contributed by atoms with Crippen LogP contribution in [0.1, 0.15) is 38.5 Å². The first-order valence-corrected chi connectivity index (χ1v) is 6.66. The molecule has 0 heterocycles. The first-order chi connectivity index (χ1) is 8.71.